The zero-order chi connectivity index (χ0) is 13.5. The lowest BCUT2D eigenvalue weighted by Crippen LogP contribution is -2.14. The van der Waals surface area contributed by atoms with Crippen molar-refractivity contribution < 1.29 is 9.47 Å². The first-order valence-corrected chi connectivity index (χ1v) is 6.60. The van der Waals surface area contributed by atoms with Crippen molar-refractivity contribution in [3.63, 3.8) is 0 Å². The van der Waals surface area contributed by atoms with E-state index in [1.807, 2.05) is 6.07 Å². The number of methoxy groups -OCH3 is 2. The first-order valence-electron chi connectivity index (χ1n) is 6.60. The van der Waals surface area contributed by atoms with Crippen molar-refractivity contribution in [3.8, 4) is 11.5 Å². The third kappa shape index (κ3) is 2.96. The molecule has 0 fully saturated rings. The summed E-state index contributed by atoms with van der Waals surface area (Å²) in [6, 6.07) is 4.20. The van der Waals surface area contributed by atoms with Gasteiger partial charge in [0.1, 0.15) is 0 Å². The predicted octanol–water partition coefficient (Wildman–Crippen LogP) is 2.79. The maximum absolute atomic E-state index is 5.50. The maximum atomic E-state index is 5.50. The smallest absolute Gasteiger partial charge is 0.164 e. The van der Waals surface area contributed by atoms with E-state index in [-0.39, 0.29) is 0 Å². The highest BCUT2D eigenvalue weighted by Gasteiger charge is 2.22. The van der Waals surface area contributed by atoms with Crippen LogP contribution >= 0.6 is 0 Å². The molecule has 3 nitrogen and oxygen atoms in total. The maximum Gasteiger partial charge on any atom is 0.164 e. The molecule has 2 rings (SSSR count). The van der Waals surface area contributed by atoms with Gasteiger partial charge in [-0.3, -0.25) is 0 Å². The van der Waals surface area contributed by atoms with Gasteiger partial charge in [0.2, 0.25) is 0 Å². The summed E-state index contributed by atoms with van der Waals surface area (Å²) in [7, 11) is 4.93. The van der Waals surface area contributed by atoms with Gasteiger partial charge in [-0.05, 0) is 43.9 Å². The van der Waals surface area contributed by atoms with Crippen molar-refractivity contribution in [3.05, 3.63) is 23.3 Å². The van der Waals surface area contributed by atoms with E-state index in [9.17, 15) is 0 Å². The molecule has 1 unspecified atom stereocenters. The van der Waals surface area contributed by atoms with Crippen molar-refractivity contribution >= 4 is 0 Å². The summed E-state index contributed by atoms with van der Waals surface area (Å²) in [5.74, 6) is 2.60. The molecule has 18 heavy (non-hydrogen) atoms. The van der Waals surface area contributed by atoms with Crippen molar-refractivity contribution in [1.29, 1.82) is 0 Å². The average Bonchev–Trinajstić information content (AvgIpc) is 2.47. The normalized spacial score (nSPS) is 17.3. The minimum absolute atomic E-state index is 0.800. The van der Waals surface area contributed by atoms with Gasteiger partial charge in [-0.25, -0.2) is 0 Å². The molecule has 0 aromatic heterocycles. The summed E-state index contributed by atoms with van der Waals surface area (Å²) < 4.78 is 10.8. The Hall–Kier alpha value is -1.22. The molecule has 0 bridgehead atoms. The van der Waals surface area contributed by atoms with Crippen LogP contribution in [0.1, 0.15) is 30.9 Å². The van der Waals surface area contributed by atoms with Gasteiger partial charge in [0.05, 0.1) is 14.2 Å². The number of benzene rings is 1. The van der Waals surface area contributed by atoms with Crippen LogP contribution in [0.5, 0.6) is 11.5 Å². The lowest BCUT2D eigenvalue weighted by Gasteiger charge is -2.26. The zero-order valence-corrected chi connectivity index (χ0v) is 12.0. The highest BCUT2D eigenvalue weighted by atomic mass is 16.5. The number of ether oxygens (including phenoxy) is 2. The molecule has 1 aliphatic carbocycles. The van der Waals surface area contributed by atoms with E-state index >= 15 is 0 Å². The summed E-state index contributed by atoms with van der Waals surface area (Å²) in [4.78, 5) is 0. The van der Waals surface area contributed by atoms with Gasteiger partial charge in [0.15, 0.2) is 11.5 Å². The molecule has 1 aromatic carbocycles. The highest BCUT2D eigenvalue weighted by molar-refractivity contribution is 5.51. The van der Waals surface area contributed by atoms with Gasteiger partial charge < -0.3 is 15.2 Å². The molecular weight excluding hydrogens is 226 g/mol. The van der Waals surface area contributed by atoms with Crippen molar-refractivity contribution in [2.75, 3.05) is 21.3 Å². The number of aryl methyl sites for hydroxylation is 1. The Bertz CT molecular complexity index is 377. The van der Waals surface area contributed by atoms with Gasteiger partial charge >= 0.3 is 0 Å². The third-order valence-corrected chi connectivity index (χ3v) is 3.64. The van der Waals surface area contributed by atoms with E-state index < -0.39 is 0 Å². The first kappa shape index (κ1) is 14.8. The second-order valence-electron chi connectivity index (χ2n) is 4.46. The highest BCUT2D eigenvalue weighted by Crippen LogP contribution is 2.39. The van der Waals surface area contributed by atoms with E-state index in [0.717, 1.165) is 23.8 Å². The summed E-state index contributed by atoms with van der Waals surface area (Å²) in [5, 5.41) is 0. The summed E-state index contributed by atoms with van der Waals surface area (Å²) >= 11 is 0. The van der Waals surface area contributed by atoms with E-state index in [0.29, 0.717) is 0 Å². The molecule has 1 atom stereocenters. The molecular formula is C15H25NO2. The quantitative estimate of drug-likeness (QED) is 0.898. The topological polar surface area (TPSA) is 44.5 Å². The molecule has 0 saturated carbocycles. The summed E-state index contributed by atoms with van der Waals surface area (Å²) in [6.45, 7) is 2.27. The van der Waals surface area contributed by atoms with Gasteiger partial charge in [0.25, 0.3) is 0 Å². The van der Waals surface area contributed by atoms with E-state index in [1.165, 1.54) is 37.4 Å². The molecule has 0 amide bonds. The predicted molar refractivity (Wildman–Crippen MR) is 75.5 cm³/mol. The average molecular weight is 251 g/mol. The van der Waals surface area contributed by atoms with Gasteiger partial charge in [-0.15, -0.1) is 0 Å². The molecule has 1 aromatic rings. The van der Waals surface area contributed by atoms with E-state index in [4.69, 9.17) is 9.47 Å². The van der Waals surface area contributed by atoms with E-state index in [1.54, 1.807) is 14.2 Å². The molecule has 0 aliphatic heterocycles. The Morgan fingerprint density at radius 3 is 2.50 bits per heavy atom. The molecule has 0 saturated heterocycles. The minimum Gasteiger partial charge on any atom is -0.493 e. The first-order chi connectivity index (χ1) is 8.80. The van der Waals surface area contributed by atoms with Crippen LogP contribution in [0.25, 0.3) is 0 Å². The second-order valence-corrected chi connectivity index (χ2v) is 4.46. The Labute approximate surface area is 110 Å². The Morgan fingerprint density at radius 1 is 1.22 bits per heavy atom. The molecule has 2 N–H and O–H groups in total. The van der Waals surface area contributed by atoms with Crippen molar-refractivity contribution in [2.45, 2.75) is 32.6 Å². The van der Waals surface area contributed by atoms with Crippen LogP contribution in [0.4, 0.5) is 0 Å². The number of hydrogen-bond donors (Lipinski definition) is 1. The fourth-order valence-corrected chi connectivity index (χ4v) is 2.59. The fourth-order valence-electron chi connectivity index (χ4n) is 2.59. The van der Waals surface area contributed by atoms with Crippen LogP contribution in [-0.4, -0.2) is 21.3 Å². The molecule has 0 radical (unpaired) electrons. The Balaban J connectivity index is 0.000000771. The number of fused-ring (bicyclic) bond motifs is 1. The third-order valence-electron chi connectivity index (χ3n) is 3.64. The van der Waals surface area contributed by atoms with Crippen LogP contribution in [-0.2, 0) is 12.8 Å². The molecule has 1 aliphatic rings. The summed E-state index contributed by atoms with van der Waals surface area (Å²) in [6.07, 6.45) is 4.86. The van der Waals surface area contributed by atoms with Crippen LogP contribution in [0.15, 0.2) is 12.1 Å². The minimum atomic E-state index is 0.800. The molecule has 0 spiro atoms. The Morgan fingerprint density at radius 2 is 1.94 bits per heavy atom. The molecule has 3 heteroatoms. The van der Waals surface area contributed by atoms with E-state index in [2.05, 4.69) is 18.7 Å². The van der Waals surface area contributed by atoms with Crippen LogP contribution in [0, 0.1) is 5.92 Å². The summed E-state index contributed by atoms with van der Waals surface area (Å²) in [5.41, 5.74) is 7.29. The number of hydrogen-bond acceptors (Lipinski definition) is 3. The van der Waals surface area contributed by atoms with Crippen molar-refractivity contribution in [2.24, 2.45) is 11.7 Å². The fraction of sp³-hybridized carbons (Fsp3) is 0.600. The van der Waals surface area contributed by atoms with Crippen LogP contribution in [0.3, 0.4) is 0 Å². The standard InChI is InChI=1S/C14H20O2.CH5N/c1-4-10-5-6-11-7-8-13(15-2)14(16-3)12(11)9-10;1-2/h7-8,10H,4-6,9H2,1-3H3;2H2,1H3. The van der Waals surface area contributed by atoms with Gasteiger partial charge in [0, 0.05) is 5.56 Å². The zero-order valence-electron chi connectivity index (χ0n) is 12.0. The Kier molecular flexibility index (Phi) is 5.99. The number of nitrogens with two attached hydrogens (primary N) is 1. The van der Waals surface area contributed by atoms with Gasteiger partial charge in [-0.1, -0.05) is 19.4 Å². The SMILES string of the molecule is CCC1CCc2ccc(OC)c(OC)c2C1.CN. The lowest BCUT2D eigenvalue weighted by atomic mass is 9.82. The lowest BCUT2D eigenvalue weighted by molar-refractivity contribution is 0.343. The monoisotopic (exact) mass is 251 g/mol. The number of rotatable bonds is 3. The van der Waals surface area contributed by atoms with Crippen LogP contribution in [0.2, 0.25) is 0 Å². The second kappa shape index (κ2) is 7.27. The van der Waals surface area contributed by atoms with Crippen molar-refractivity contribution in [1.82, 2.24) is 0 Å². The molecule has 0 heterocycles. The molecule has 102 valence electrons. The van der Waals surface area contributed by atoms with Gasteiger partial charge in [-0.2, -0.15) is 0 Å². The van der Waals surface area contributed by atoms with Crippen LogP contribution < -0.4 is 15.2 Å². The largest absolute Gasteiger partial charge is 0.493 e.